The van der Waals surface area contributed by atoms with Gasteiger partial charge in [0.1, 0.15) is 0 Å². The van der Waals surface area contributed by atoms with Crippen molar-refractivity contribution in [3.63, 3.8) is 0 Å². The molecule has 0 aliphatic heterocycles. The van der Waals surface area contributed by atoms with Crippen LogP contribution in [0.15, 0.2) is 23.1 Å². The monoisotopic (exact) mass is 392 g/mol. The summed E-state index contributed by atoms with van der Waals surface area (Å²) >= 11 is 6.03. The van der Waals surface area contributed by atoms with Crippen LogP contribution in [0.2, 0.25) is 5.02 Å². The van der Waals surface area contributed by atoms with E-state index in [2.05, 4.69) is 10.0 Å². The number of sulfonamides is 1. The Morgan fingerprint density at radius 2 is 1.96 bits per heavy atom. The zero-order chi connectivity index (χ0) is 18.9. The molecule has 1 amide bonds. The van der Waals surface area contributed by atoms with Crippen molar-refractivity contribution in [2.75, 3.05) is 33.5 Å². The van der Waals surface area contributed by atoms with Crippen molar-refractivity contribution in [1.29, 1.82) is 0 Å². The van der Waals surface area contributed by atoms with E-state index in [0.717, 1.165) is 0 Å². The lowest BCUT2D eigenvalue weighted by Gasteiger charge is -2.12. The van der Waals surface area contributed by atoms with Gasteiger partial charge in [0.25, 0.3) is 5.91 Å². The lowest BCUT2D eigenvalue weighted by Crippen LogP contribution is -2.31. The summed E-state index contributed by atoms with van der Waals surface area (Å²) in [5.74, 6) is -0.427. The standard InChI is InChI=1S/C16H25ClN2O5S/c1-12(2)19-25(21,22)13-5-6-15(17)14(11-13)16(20)18-7-4-8-24-10-9-23-3/h5-6,11-12,19H,4,7-10H2,1-3H3,(H,18,20). The number of ether oxygens (including phenoxy) is 2. The van der Waals surface area contributed by atoms with Crippen LogP contribution in [0.4, 0.5) is 0 Å². The van der Waals surface area contributed by atoms with E-state index >= 15 is 0 Å². The van der Waals surface area contributed by atoms with E-state index in [1.807, 2.05) is 0 Å². The molecule has 2 N–H and O–H groups in total. The fraction of sp³-hybridized carbons (Fsp3) is 0.562. The summed E-state index contributed by atoms with van der Waals surface area (Å²) in [5.41, 5.74) is 0.119. The molecule has 0 spiro atoms. The molecule has 1 aromatic carbocycles. The SMILES string of the molecule is COCCOCCCNC(=O)c1cc(S(=O)(=O)NC(C)C)ccc1Cl. The predicted octanol–water partition coefficient (Wildman–Crippen LogP) is 1.81. The number of hydrogen-bond donors (Lipinski definition) is 2. The van der Waals surface area contributed by atoms with Crippen LogP contribution in [0.3, 0.4) is 0 Å². The van der Waals surface area contributed by atoms with Crippen molar-refractivity contribution >= 4 is 27.5 Å². The second-order valence-electron chi connectivity index (χ2n) is 5.63. The fourth-order valence-electron chi connectivity index (χ4n) is 1.94. The first-order valence-electron chi connectivity index (χ1n) is 7.94. The van der Waals surface area contributed by atoms with E-state index in [1.54, 1.807) is 21.0 Å². The van der Waals surface area contributed by atoms with Gasteiger partial charge in [0, 0.05) is 26.3 Å². The normalized spacial score (nSPS) is 11.7. The zero-order valence-corrected chi connectivity index (χ0v) is 16.2. The number of hydrogen-bond acceptors (Lipinski definition) is 5. The summed E-state index contributed by atoms with van der Waals surface area (Å²) in [4.78, 5) is 12.2. The molecule has 1 rings (SSSR count). The average Bonchev–Trinajstić information content (AvgIpc) is 2.52. The van der Waals surface area contributed by atoms with E-state index in [4.69, 9.17) is 21.1 Å². The molecule has 0 radical (unpaired) electrons. The summed E-state index contributed by atoms with van der Waals surface area (Å²) in [5, 5.41) is 2.89. The van der Waals surface area contributed by atoms with E-state index < -0.39 is 15.9 Å². The molecule has 9 heteroatoms. The molecule has 0 fully saturated rings. The molecule has 0 bridgehead atoms. The third-order valence-electron chi connectivity index (χ3n) is 3.07. The predicted molar refractivity (Wildman–Crippen MR) is 96.6 cm³/mol. The third kappa shape index (κ3) is 7.70. The Hall–Kier alpha value is -1.19. The number of halogens is 1. The van der Waals surface area contributed by atoms with Crippen molar-refractivity contribution in [2.24, 2.45) is 0 Å². The highest BCUT2D eigenvalue weighted by atomic mass is 35.5. The second-order valence-corrected chi connectivity index (χ2v) is 7.75. The minimum Gasteiger partial charge on any atom is -0.382 e. The lowest BCUT2D eigenvalue weighted by atomic mass is 10.2. The van der Waals surface area contributed by atoms with Crippen molar-refractivity contribution in [1.82, 2.24) is 10.0 Å². The molecule has 0 saturated carbocycles. The molecule has 0 unspecified atom stereocenters. The summed E-state index contributed by atoms with van der Waals surface area (Å²) in [6.07, 6.45) is 0.625. The van der Waals surface area contributed by atoms with Crippen LogP contribution in [0.5, 0.6) is 0 Å². The van der Waals surface area contributed by atoms with Gasteiger partial charge in [-0.3, -0.25) is 4.79 Å². The van der Waals surface area contributed by atoms with E-state index in [1.165, 1.54) is 18.2 Å². The summed E-state index contributed by atoms with van der Waals surface area (Å²) < 4.78 is 37.0. The van der Waals surface area contributed by atoms with Gasteiger partial charge in [-0.05, 0) is 38.5 Å². The Labute approximate surface area is 154 Å². The van der Waals surface area contributed by atoms with Crippen LogP contribution in [0, 0.1) is 0 Å². The Morgan fingerprint density at radius 1 is 1.24 bits per heavy atom. The zero-order valence-electron chi connectivity index (χ0n) is 14.7. The van der Waals surface area contributed by atoms with Gasteiger partial charge in [0.2, 0.25) is 10.0 Å². The van der Waals surface area contributed by atoms with Crippen molar-refractivity contribution < 1.29 is 22.7 Å². The summed E-state index contributed by atoms with van der Waals surface area (Å²) in [6, 6.07) is 3.79. The second kappa shape index (κ2) is 10.7. The Bertz CT molecular complexity index is 664. The Balaban J connectivity index is 2.65. The maximum absolute atomic E-state index is 12.2. The summed E-state index contributed by atoms with van der Waals surface area (Å²) in [6.45, 7) is 5.34. The van der Waals surface area contributed by atoms with Crippen LogP contribution in [-0.2, 0) is 19.5 Å². The fourth-order valence-corrected chi connectivity index (χ4v) is 3.42. The molecule has 0 aromatic heterocycles. The smallest absolute Gasteiger partial charge is 0.252 e. The molecule has 0 aliphatic carbocycles. The van der Waals surface area contributed by atoms with Crippen molar-refractivity contribution in [2.45, 2.75) is 31.2 Å². The molecular formula is C16H25ClN2O5S. The largest absolute Gasteiger partial charge is 0.382 e. The highest BCUT2D eigenvalue weighted by molar-refractivity contribution is 7.89. The number of rotatable bonds is 11. The molecule has 0 heterocycles. The lowest BCUT2D eigenvalue weighted by molar-refractivity contribution is 0.0688. The van der Waals surface area contributed by atoms with Crippen molar-refractivity contribution in [3.05, 3.63) is 28.8 Å². The third-order valence-corrected chi connectivity index (χ3v) is 5.05. The van der Waals surface area contributed by atoms with Crippen LogP contribution in [-0.4, -0.2) is 53.8 Å². The van der Waals surface area contributed by atoms with Crippen LogP contribution in [0.25, 0.3) is 0 Å². The number of carbonyl (C=O) groups excluding carboxylic acids is 1. The highest BCUT2D eigenvalue weighted by Crippen LogP contribution is 2.20. The number of benzene rings is 1. The van der Waals surface area contributed by atoms with Gasteiger partial charge in [-0.1, -0.05) is 11.6 Å². The molecule has 1 aromatic rings. The van der Waals surface area contributed by atoms with E-state index in [9.17, 15) is 13.2 Å². The van der Waals surface area contributed by atoms with Gasteiger partial charge in [-0.2, -0.15) is 0 Å². The Morgan fingerprint density at radius 3 is 2.60 bits per heavy atom. The molecule has 7 nitrogen and oxygen atoms in total. The quantitative estimate of drug-likeness (QED) is 0.560. The minimum atomic E-state index is -3.69. The number of carbonyl (C=O) groups is 1. The molecule has 0 saturated heterocycles. The number of methoxy groups -OCH3 is 1. The highest BCUT2D eigenvalue weighted by Gasteiger charge is 2.19. The first-order valence-corrected chi connectivity index (χ1v) is 9.81. The minimum absolute atomic E-state index is 0.00125. The maximum atomic E-state index is 12.2. The van der Waals surface area contributed by atoms with Gasteiger partial charge in [0.05, 0.1) is 28.7 Å². The first kappa shape index (κ1) is 21.9. The molecule has 0 aliphatic rings. The van der Waals surface area contributed by atoms with Gasteiger partial charge in [0.15, 0.2) is 0 Å². The topological polar surface area (TPSA) is 93.7 Å². The van der Waals surface area contributed by atoms with Crippen molar-refractivity contribution in [3.8, 4) is 0 Å². The average molecular weight is 393 g/mol. The van der Waals surface area contributed by atoms with Crippen LogP contribution < -0.4 is 10.0 Å². The molecule has 0 atom stereocenters. The maximum Gasteiger partial charge on any atom is 0.252 e. The van der Waals surface area contributed by atoms with E-state index in [-0.39, 0.29) is 21.5 Å². The molecular weight excluding hydrogens is 368 g/mol. The van der Waals surface area contributed by atoms with Gasteiger partial charge in [-0.15, -0.1) is 0 Å². The van der Waals surface area contributed by atoms with Gasteiger partial charge < -0.3 is 14.8 Å². The van der Waals surface area contributed by atoms with Gasteiger partial charge >= 0.3 is 0 Å². The number of nitrogens with one attached hydrogen (secondary N) is 2. The van der Waals surface area contributed by atoms with Crippen LogP contribution in [0.1, 0.15) is 30.6 Å². The first-order chi connectivity index (χ1) is 11.8. The van der Waals surface area contributed by atoms with Gasteiger partial charge in [-0.25, -0.2) is 13.1 Å². The molecule has 142 valence electrons. The Kier molecular flexibility index (Phi) is 9.37. The van der Waals surface area contributed by atoms with E-state index in [0.29, 0.717) is 32.8 Å². The molecule has 25 heavy (non-hydrogen) atoms. The summed E-state index contributed by atoms with van der Waals surface area (Å²) in [7, 11) is -2.10. The van der Waals surface area contributed by atoms with Crippen LogP contribution >= 0.6 is 11.6 Å². The number of amides is 1.